The molecule has 0 amide bonds. The Labute approximate surface area is 514 Å². The number of benzene rings is 13. The Morgan fingerprint density at radius 2 is 0.701 bits per heavy atom. The lowest BCUT2D eigenvalue weighted by molar-refractivity contribution is 0.401. The van der Waals surface area contributed by atoms with Gasteiger partial charge in [-0.2, -0.15) is 0 Å². The lowest BCUT2D eigenvalue weighted by atomic mass is 9.67. The molecular weight excluding hydrogens is 1050 g/mol. The molecule has 2 aliphatic carbocycles. The Balaban J connectivity index is 0.909. The van der Waals surface area contributed by atoms with Gasteiger partial charge in [0.2, 0.25) is 0 Å². The van der Waals surface area contributed by atoms with E-state index in [1.54, 1.807) is 0 Å². The number of hydrogen-bond acceptors (Lipinski definition) is 1. The first-order chi connectivity index (χ1) is 42.9. The molecule has 87 heavy (non-hydrogen) atoms. The van der Waals surface area contributed by atoms with E-state index in [4.69, 9.17) is 0 Å². The van der Waals surface area contributed by atoms with Gasteiger partial charge in [0.05, 0.1) is 16.8 Å². The molecule has 2 aliphatic rings. The first-order valence-electron chi connectivity index (χ1n) is 32.3. The van der Waals surface area contributed by atoms with E-state index in [2.05, 4.69) is 293 Å². The summed E-state index contributed by atoms with van der Waals surface area (Å²) in [6, 6.07) is 100. The second-order valence-corrected chi connectivity index (χ2v) is 25.0. The van der Waals surface area contributed by atoms with Crippen LogP contribution in [0.5, 0.6) is 0 Å². The van der Waals surface area contributed by atoms with E-state index in [0.717, 1.165) is 12.8 Å². The van der Waals surface area contributed by atoms with E-state index < -0.39 is 5.41 Å². The fraction of sp³-hybridized carbons (Fsp3) is 0.186. The monoisotopic (exact) mass is 1120 g/mol. The van der Waals surface area contributed by atoms with Gasteiger partial charge >= 0.3 is 0 Å². The van der Waals surface area contributed by atoms with Crippen molar-refractivity contribution in [3.8, 4) is 44.5 Å². The molecule has 13 aromatic carbocycles. The van der Waals surface area contributed by atoms with Crippen LogP contribution >= 0.6 is 0 Å². The molecule has 0 saturated carbocycles. The topological polar surface area (TPSA) is 3.24 Å². The fourth-order valence-corrected chi connectivity index (χ4v) is 16.2. The number of anilines is 3. The maximum atomic E-state index is 2.68. The van der Waals surface area contributed by atoms with Gasteiger partial charge in [0, 0.05) is 21.9 Å². The van der Waals surface area contributed by atoms with E-state index >= 15 is 0 Å². The van der Waals surface area contributed by atoms with Gasteiger partial charge in [-0.3, -0.25) is 0 Å². The third-order valence-corrected chi connectivity index (χ3v) is 20.2. The van der Waals surface area contributed by atoms with Crippen molar-refractivity contribution in [2.24, 2.45) is 0 Å². The summed E-state index contributed by atoms with van der Waals surface area (Å²) in [5, 5.41) is 10.2. The number of hydrogen-bond donors (Lipinski definition) is 0. The Hall–Kier alpha value is -9.30. The predicted molar refractivity (Wildman–Crippen MR) is 373 cm³/mol. The Morgan fingerprint density at radius 3 is 1.22 bits per heavy atom. The number of aryl methyl sites for hydroxylation is 2. The first kappa shape index (κ1) is 54.4. The average Bonchev–Trinajstić information content (AvgIpc) is 1.96. The van der Waals surface area contributed by atoms with Crippen LogP contribution in [0.4, 0.5) is 17.1 Å². The normalized spacial score (nSPS) is 13.5. The number of unbranched alkanes of at least 4 members (excludes halogenated alkanes) is 6. The Morgan fingerprint density at radius 1 is 0.299 bits per heavy atom. The molecule has 1 heteroatoms. The highest BCUT2D eigenvalue weighted by molar-refractivity contribution is 6.21. The van der Waals surface area contributed by atoms with Crippen molar-refractivity contribution in [3.63, 3.8) is 0 Å². The van der Waals surface area contributed by atoms with Crippen molar-refractivity contribution in [2.45, 2.75) is 103 Å². The van der Waals surface area contributed by atoms with Crippen LogP contribution in [0.1, 0.15) is 123 Å². The molecule has 0 fully saturated rings. The quantitative estimate of drug-likeness (QED) is 0.0649. The van der Waals surface area contributed by atoms with Crippen molar-refractivity contribution in [1.29, 1.82) is 0 Å². The zero-order valence-electron chi connectivity index (χ0n) is 50.8. The second-order valence-electron chi connectivity index (χ2n) is 25.0. The lowest BCUT2D eigenvalue weighted by Crippen LogP contribution is -2.28. The number of fused-ring (bicyclic) bond motifs is 10. The molecule has 424 valence electrons. The average molecular weight is 1120 g/mol. The summed E-state index contributed by atoms with van der Waals surface area (Å²) in [5.74, 6) is 0. The maximum absolute atomic E-state index is 2.68. The van der Waals surface area contributed by atoms with Crippen molar-refractivity contribution >= 4 is 60.2 Å². The summed E-state index contributed by atoms with van der Waals surface area (Å²) < 4.78 is 0. The van der Waals surface area contributed by atoms with E-state index in [1.165, 1.54) is 201 Å². The fourth-order valence-electron chi connectivity index (χ4n) is 16.2. The molecule has 0 N–H and O–H groups in total. The van der Waals surface area contributed by atoms with Gasteiger partial charge in [0.15, 0.2) is 0 Å². The molecule has 0 unspecified atom stereocenters. The largest absolute Gasteiger partial charge is 0.309 e. The van der Waals surface area contributed by atoms with Crippen molar-refractivity contribution in [3.05, 3.63) is 305 Å². The van der Waals surface area contributed by atoms with Gasteiger partial charge in [-0.1, -0.05) is 296 Å². The number of nitrogens with zero attached hydrogens (tertiary/aromatic N) is 1. The minimum absolute atomic E-state index is 0.181. The van der Waals surface area contributed by atoms with Gasteiger partial charge in [-0.25, -0.2) is 0 Å². The van der Waals surface area contributed by atoms with Crippen molar-refractivity contribution in [2.75, 3.05) is 4.90 Å². The summed E-state index contributed by atoms with van der Waals surface area (Å²) in [4.78, 5) is 2.60. The van der Waals surface area contributed by atoms with E-state index in [9.17, 15) is 0 Å². The van der Waals surface area contributed by atoms with Crippen molar-refractivity contribution < 1.29 is 0 Å². The SMILES string of the molecule is CCCCCCC1(CCCCCC)c2cc(-c3c4ccccc4c(-c4ccc(C5(c6ccccc6)c6ccccc6-c6ccccc65)cc4)c4ccccc34)ccc2-c2ccc(N(c3ccc(C)c4ccccc34)c3ccc(C)c4ccccc34)cc21. The van der Waals surface area contributed by atoms with E-state index in [0.29, 0.717) is 0 Å². The van der Waals surface area contributed by atoms with Crippen LogP contribution in [0.15, 0.2) is 261 Å². The summed E-state index contributed by atoms with van der Waals surface area (Å²) in [5.41, 5.74) is 24.3. The predicted octanol–water partition coefficient (Wildman–Crippen LogP) is 24.3. The highest BCUT2D eigenvalue weighted by Crippen LogP contribution is 2.59. The van der Waals surface area contributed by atoms with Gasteiger partial charge in [0.25, 0.3) is 0 Å². The minimum Gasteiger partial charge on any atom is -0.309 e. The molecule has 0 atom stereocenters. The summed E-state index contributed by atoms with van der Waals surface area (Å²) in [6.45, 7) is 9.20. The van der Waals surface area contributed by atoms with Crippen LogP contribution in [0.25, 0.3) is 87.6 Å². The van der Waals surface area contributed by atoms with Gasteiger partial charge in [-0.05, 0) is 178 Å². The molecule has 15 rings (SSSR count). The summed E-state index contributed by atoms with van der Waals surface area (Å²) >= 11 is 0. The molecule has 0 aliphatic heterocycles. The smallest absolute Gasteiger partial charge is 0.0713 e. The standard InChI is InChI=1S/C86H75N/c1-5-7-9-26-54-85(55-27-10-8-6-2)79-56-61(46-50-69(79)70-51-49-64(57-80(70)85)87(81-52-42-58(3)65-30-14-16-34-71(65)81)82-53-43-59(4)66-31-15-17-35-72(66)82)84-75-38-20-18-36-73(75)83(74-37-19-21-39-76(74)84)60-44-47-63(48-45-60)86(62-28-12-11-13-29-62)77-40-24-22-32-67(77)68-33-23-25-41-78(68)86/h11-25,28-53,56-57H,5-10,26-27,54-55H2,1-4H3. The van der Waals surface area contributed by atoms with E-state index in [1.807, 2.05) is 0 Å². The molecule has 0 saturated heterocycles. The van der Waals surface area contributed by atoms with Gasteiger partial charge in [-0.15, -0.1) is 0 Å². The molecule has 0 spiro atoms. The maximum Gasteiger partial charge on any atom is 0.0713 e. The second kappa shape index (κ2) is 22.5. The summed E-state index contributed by atoms with van der Waals surface area (Å²) in [7, 11) is 0. The Kier molecular flexibility index (Phi) is 14.1. The molecule has 0 radical (unpaired) electrons. The van der Waals surface area contributed by atoms with Crippen LogP contribution in [0.3, 0.4) is 0 Å². The van der Waals surface area contributed by atoms with E-state index in [-0.39, 0.29) is 5.41 Å². The first-order valence-corrected chi connectivity index (χ1v) is 32.3. The molecule has 0 aromatic heterocycles. The molecule has 0 heterocycles. The molecular formula is C86H75N. The molecule has 1 nitrogen and oxygen atoms in total. The van der Waals surface area contributed by atoms with Crippen LogP contribution < -0.4 is 4.90 Å². The van der Waals surface area contributed by atoms with Gasteiger partial charge < -0.3 is 4.90 Å². The highest BCUT2D eigenvalue weighted by Gasteiger charge is 2.46. The molecule has 13 aromatic rings. The highest BCUT2D eigenvalue weighted by atomic mass is 15.1. The third-order valence-electron chi connectivity index (χ3n) is 20.2. The van der Waals surface area contributed by atoms with Crippen LogP contribution in [0.2, 0.25) is 0 Å². The lowest BCUT2D eigenvalue weighted by Gasteiger charge is -2.35. The molecule has 0 bridgehead atoms. The van der Waals surface area contributed by atoms with Crippen LogP contribution in [-0.4, -0.2) is 0 Å². The van der Waals surface area contributed by atoms with Crippen LogP contribution in [0, 0.1) is 13.8 Å². The van der Waals surface area contributed by atoms with Crippen LogP contribution in [-0.2, 0) is 10.8 Å². The zero-order valence-corrected chi connectivity index (χ0v) is 50.8. The van der Waals surface area contributed by atoms with Gasteiger partial charge in [0.1, 0.15) is 0 Å². The number of rotatable bonds is 17. The zero-order chi connectivity index (χ0) is 58.6. The van der Waals surface area contributed by atoms with Crippen molar-refractivity contribution in [1.82, 2.24) is 0 Å². The Bertz CT molecular complexity index is 4550. The third kappa shape index (κ3) is 8.79. The summed E-state index contributed by atoms with van der Waals surface area (Å²) in [6.07, 6.45) is 12.0. The minimum atomic E-state index is -0.456.